The Kier molecular flexibility index (Phi) is 7.59. The maximum absolute atomic E-state index is 12.9. The summed E-state index contributed by atoms with van der Waals surface area (Å²) >= 11 is 1.16. The van der Waals surface area contributed by atoms with Crippen LogP contribution in [0.15, 0.2) is 23.9 Å². The van der Waals surface area contributed by atoms with E-state index < -0.39 is 0 Å². The number of Topliss-reactive ketones (excluding diaryl/α,β-unsaturated/α-hetero) is 1. The number of aromatic nitrogens is 2. The fraction of sp³-hybridized carbons (Fsp3) is 0.429. The van der Waals surface area contributed by atoms with Crippen LogP contribution in [0.2, 0.25) is 0 Å². The van der Waals surface area contributed by atoms with E-state index in [1.807, 2.05) is 21.0 Å². The van der Waals surface area contributed by atoms with Crippen LogP contribution in [0.3, 0.4) is 0 Å². The fourth-order valence-electron chi connectivity index (χ4n) is 3.21. The number of aliphatic hydroxyl groups is 1. The number of pyridine rings is 1. The highest BCUT2D eigenvalue weighted by Gasteiger charge is 2.28. The Morgan fingerprint density at radius 1 is 1.26 bits per heavy atom. The van der Waals surface area contributed by atoms with Crippen LogP contribution in [0.25, 0.3) is 5.76 Å². The Hall–Kier alpha value is -2.98. The highest BCUT2D eigenvalue weighted by atomic mass is 32.1. The zero-order valence-electron chi connectivity index (χ0n) is 18.0. The number of thiazole rings is 1. The molecule has 9 nitrogen and oxygen atoms in total. The molecular formula is C21H28N6O3S. The molecule has 0 unspecified atom stereocenters. The molecule has 0 saturated carbocycles. The van der Waals surface area contributed by atoms with Gasteiger partial charge in [0.15, 0.2) is 10.9 Å². The molecule has 2 aromatic rings. The zero-order chi connectivity index (χ0) is 22.4. The third kappa shape index (κ3) is 5.80. The molecule has 1 aliphatic rings. The first-order chi connectivity index (χ1) is 14.9. The maximum Gasteiger partial charge on any atom is 0.321 e. The summed E-state index contributed by atoms with van der Waals surface area (Å²) in [6.07, 6.45) is 3.25. The Bertz CT molecular complexity index is 968. The summed E-state index contributed by atoms with van der Waals surface area (Å²) in [6.45, 7) is 4.15. The SMILES string of the molecule is CCNc1ccc(C(=O)C2=C(O)c3sc(NC(=O)NCCCN(C)C)nc3CC2)cn1. The number of nitrogens with zero attached hydrogens (tertiary/aromatic N) is 3. The fourth-order valence-corrected chi connectivity index (χ4v) is 4.18. The van der Waals surface area contributed by atoms with Gasteiger partial charge in [-0.05, 0) is 59.0 Å². The standard InChI is InChI=1S/C21H28N6O3S/c1-4-22-16-9-6-13(12-24-16)17(28)14-7-8-15-19(18(14)29)31-21(25-15)26-20(30)23-10-5-11-27(2)3/h6,9,12,29H,4-5,7-8,10-11H2,1-3H3,(H,22,24)(H2,23,25,26,30). The number of carbonyl (C=O) groups excluding carboxylic acids is 2. The summed E-state index contributed by atoms with van der Waals surface area (Å²) in [5, 5.41) is 19.7. The lowest BCUT2D eigenvalue weighted by atomic mass is 9.93. The van der Waals surface area contributed by atoms with Gasteiger partial charge in [-0.1, -0.05) is 11.3 Å². The molecule has 0 spiro atoms. The molecule has 31 heavy (non-hydrogen) atoms. The number of rotatable bonds is 9. The van der Waals surface area contributed by atoms with E-state index in [-0.39, 0.29) is 17.6 Å². The van der Waals surface area contributed by atoms with Gasteiger partial charge in [0.25, 0.3) is 0 Å². The monoisotopic (exact) mass is 444 g/mol. The average molecular weight is 445 g/mol. The highest BCUT2D eigenvalue weighted by Crippen LogP contribution is 2.37. The van der Waals surface area contributed by atoms with Crippen LogP contribution < -0.4 is 16.0 Å². The lowest BCUT2D eigenvalue weighted by molar-refractivity contribution is 0.102. The van der Waals surface area contributed by atoms with Gasteiger partial charge in [-0.15, -0.1) is 0 Å². The molecule has 0 aliphatic heterocycles. The summed E-state index contributed by atoms with van der Waals surface area (Å²) in [6, 6.07) is 3.11. The van der Waals surface area contributed by atoms with E-state index in [0.29, 0.717) is 52.0 Å². The van der Waals surface area contributed by atoms with Crippen LogP contribution in [0, 0.1) is 0 Å². The Morgan fingerprint density at radius 3 is 2.74 bits per heavy atom. The lowest BCUT2D eigenvalue weighted by Gasteiger charge is -2.14. The van der Waals surface area contributed by atoms with E-state index in [9.17, 15) is 14.7 Å². The van der Waals surface area contributed by atoms with Crippen molar-refractivity contribution in [2.45, 2.75) is 26.2 Å². The van der Waals surface area contributed by atoms with E-state index in [1.54, 1.807) is 12.1 Å². The van der Waals surface area contributed by atoms with Crippen LogP contribution >= 0.6 is 11.3 Å². The second-order valence-corrected chi connectivity index (χ2v) is 8.45. The molecule has 0 fully saturated rings. The number of carbonyl (C=O) groups is 2. The molecule has 0 aromatic carbocycles. The van der Waals surface area contributed by atoms with Crippen molar-refractivity contribution in [3.63, 3.8) is 0 Å². The predicted octanol–water partition coefficient (Wildman–Crippen LogP) is 3.14. The number of allylic oxidation sites excluding steroid dienone is 1. The minimum absolute atomic E-state index is 0.0704. The van der Waals surface area contributed by atoms with Gasteiger partial charge in [0, 0.05) is 30.4 Å². The van der Waals surface area contributed by atoms with E-state index >= 15 is 0 Å². The second-order valence-electron chi connectivity index (χ2n) is 7.45. The van der Waals surface area contributed by atoms with Crippen molar-refractivity contribution in [2.24, 2.45) is 0 Å². The molecule has 166 valence electrons. The molecule has 2 amide bonds. The van der Waals surface area contributed by atoms with Gasteiger partial charge in [-0.3, -0.25) is 10.1 Å². The molecule has 0 atom stereocenters. The van der Waals surface area contributed by atoms with Gasteiger partial charge in [0.1, 0.15) is 11.6 Å². The van der Waals surface area contributed by atoms with Crippen molar-refractivity contribution in [3.8, 4) is 0 Å². The molecule has 3 rings (SSSR count). The molecule has 1 aliphatic carbocycles. The van der Waals surface area contributed by atoms with Gasteiger partial charge in [-0.25, -0.2) is 14.8 Å². The molecule has 4 N–H and O–H groups in total. The third-order valence-electron chi connectivity index (χ3n) is 4.76. The third-order valence-corrected chi connectivity index (χ3v) is 5.78. The van der Waals surface area contributed by atoms with Crippen molar-refractivity contribution in [2.75, 3.05) is 44.4 Å². The van der Waals surface area contributed by atoms with E-state index in [1.165, 1.54) is 6.20 Å². The number of amides is 2. The highest BCUT2D eigenvalue weighted by molar-refractivity contribution is 7.16. The Balaban J connectivity index is 1.67. The van der Waals surface area contributed by atoms with E-state index in [4.69, 9.17) is 0 Å². The zero-order valence-corrected chi connectivity index (χ0v) is 18.8. The van der Waals surface area contributed by atoms with Crippen molar-refractivity contribution in [1.82, 2.24) is 20.2 Å². The lowest BCUT2D eigenvalue weighted by Crippen LogP contribution is -2.31. The number of aliphatic hydroxyl groups excluding tert-OH is 1. The van der Waals surface area contributed by atoms with Gasteiger partial charge >= 0.3 is 6.03 Å². The van der Waals surface area contributed by atoms with Crippen LogP contribution in [-0.2, 0) is 6.42 Å². The molecule has 10 heteroatoms. The first kappa shape index (κ1) is 22.7. The molecule has 0 radical (unpaired) electrons. The Morgan fingerprint density at radius 2 is 2.06 bits per heavy atom. The minimum atomic E-state index is -0.337. The number of nitrogens with one attached hydrogen (secondary N) is 3. The van der Waals surface area contributed by atoms with Crippen molar-refractivity contribution >= 4 is 39.9 Å². The van der Waals surface area contributed by atoms with E-state index in [0.717, 1.165) is 30.8 Å². The van der Waals surface area contributed by atoms with Crippen LogP contribution in [0.5, 0.6) is 0 Å². The number of aryl methyl sites for hydroxylation is 1. The van der Waals surface area contributed by atoms with Crippen molar-refractivity contribution < 1.29 is 14.7 Å². The minimum Gasteiger partial charge on any atom is -0.506 e. The van der Waals surface area contributed by atoms with Gasteiger partial charge < -0.3 is 20.6 Å². The Labute approximate surface area is 185 Å². The molecular weight excluding hydrogens is 416 g/mol. The van der Waals surface area contributed by atoms with Crippen molar-refractivity contribution in [3.05, 3.63) is 40.0 Å². The van der Waals surface area contributed by atoms with Crippen LogP contribution in [0.1, 0.15) is 40.7 Å². The molecule has 0 bridgehead atoms. The topological polar surface area (TPSA) is 119 Å². The first-order valence-electron chi connectivity index (χ1n) is 10.3. The number of ketones is 1. The maximum atomic E-state index is 12.9. The first-order valence-corrected chi connectivity index (χ1v) is 11.1. The largest absolute Gasteiger partial charge is 0.506 e. The van der Waals surface area contributed by atoms with Gasteiger partial charge in [0.05, 0.1) is 10.6 Å². The summed E-state index contributed by atoms with van der Waals surface area (Å²) < 4.78 is 0. The van der Waals surface area contributed by atoms with Gasteiger partial charge in [-0.2, -0.15) is 0 Å². The predicted molar refractivity (Wildman–Crippen MR) is 123 cm³/mol. The number of urea groups is 1. The molecule has 0 saturated heterocycles. The summed E-state index contributed by atoms with van der Waals surface area (Å²) in [7, 11) is 3.96. The van der Waals surface area contributed by atoms with Crippen LogP contribution in [-0.4, -0.2) is 65.5 Å². The van der Waals surface area contributed by atoms with Crippen molar-refractivity contribution in [1.29, 1.82) is 0 Å². The molecule has 2 aromatic heterocycles. The normalized spacial score (nSPS) is 13.2. The summed E-state index contributed by atoms with van der Waals surface area (Å²) in [4.78, 5) is 36.2. The molecule has 2 heterocycles. The van der Waals surface area contributed by atoms with E-state index in [2.05, 4.69) is 30.8 Å². The summed E-state index contributed by atoms with van der Waals surface area (Å²) in [5.41, 5.74) is 1.45. The number of hydrogen-bond donors (Lipinski definition) is 4. The van der Waals surface area contributed by atoms with Crippen LogP contribution in [0.4, 0.5) is 15.7 Å². The number of fused-ring (bicyclic) bond motifs is 1. The smallest absolute Gasteiger partial charge is 0.321 e. The van der Waals surface area contributed by atoms with Gasteiger partial charge in [0.2, 0.25) is 0 Å². The summed E-state index contributed by atoms with van der Waals surface area (Å²) in [5.74, 6) is 0.375. The quantitative estimate of drug-likeness (QED) is 0.346. The average Bonchev–Trinajstić information content (AvgIpc) is 3.15. The second kappa shape index (κ2) is 10.4. The number of hydrogen-bond acceptors (Lipinski definition) is 8. The number of anilines is 2.